The number of nitrogens with one attached hydrogen (secondary N) is 2. The molecule has 0 bridgehead atoms. The van der Waals surface area contributed by atoms with Gasteiger partial charge in [0.05, 0.1) is 11.7 Å². The van der Waals surface area contributed by atoms with Gasteiger partial charge in [0.1, 0.15) is 16.9 Å². The van der Waals surface area contributed by atoms with Gasteiger partial charge in [0.2, 0.25) is 5.91 Å². The van der Waals surface area contributed by atoms with E-state index in [9.17, 15) is 14.7 Å². The smallest absolute Gasteiger partial charge is 0.268 e. The van der Waals surface area contributed by atoms with Crippen molar-refractivity contribution in [1.82, 2.24) is 20.2 Å². The van der Waals surface area contributed by atoms with Crippen molar-refractivity contribution in [3.05, 3.63) is 65.1 Å². The summed E-state index contributed by atoms with van der Waals surface area (Å²) in [5.74, 6) is -0.412. The molecule has 2 atom stereocenters. The Kier molecular flexibility index (Phi) is 6.53. The molecule has 8 heteroatoms. The highest BCUT2D eigenvalue weighted by atomic mass is 35.5. The van der Waals surface area contributed by atoms with Crippen LogP contribution in [0.25, 0.3) is 10.9 Å². The molecule has 0 aliphatic carbocycles. The molecule has 31 heavy (non-hydrogen) atoms. The van der Waals surface area contributed by atoms with E-state index in [1.165, 1.54) is 0 Å². The zero-order chi connectivity index (χ0) is 21.8. The van der Waals surface area contributed by atoms with Crippen molar-refractivity contribution in [1.29, 1.82) is 0 Å². The Hall–Kier alpha value is -2.90. The number of fused-ring (bicyclic) bond motifs is 1. The zero-order valence-electron chi connectivity index (χ0n) is 17.1. The van der Waals surface area contributed by atoms with E-state index < -0.39 is 6.04 Å². The SMILES string of the molecule is O=C(N[C@@H](Cc1ccccc1)C(=O)N1CCCC(CO)C1)c1cc2cc(Cl)ncc2[nH]1. The molecular formula is C23H25ClN4O3. The second-order valence-electron chi connectivity index (χ2n) is 7.97. The van der Waals surface area contributed by atoms with E-state index in [4.69, 9.17) is 11.6 Å². The zero-order valence-corrected chi connectivity index (χ0v) is 17.8. The Morgan fingerprint density at radius 3 is 2.87 bits per heavy atom. The van der Waals surface area contributed by atoms with E-state index in [2.05, 4.69) is 15.3 Å². The van der Waals surface area contributed by atoms with Gasteiger partial charge in [-0.15, -0.1) is 0 Å². The number of amides is 2. The number of aliphatic hydroxyl groups excluding tert-OH is 1. The molecule has 7 nitrogen and oxygen atoms in total. The van der Waals surface area contributed by atoms with Crippen molar-refractivity contribution in [2.45, 2.75) is 25.3 Å². The summed E-state index contributed by atoms with van der Waals surface area (Å²) in [5.41, 5.74) is 2.00. The number of halogens is 1. The van der Waals surface area contributed by atoms with Gasteiger partial charge < -0.3 is 20.3 Å². The van der Waals surface area contributed by atoms with Crippen LogP contribution in [0.1, 0.15) is 28.9 Å². The van der Waals surface area contributed by atoms with Gasteiger partial charge in [-0.2, -0.15) is 0 Å². The van der Waals surface area contributed by atoms with Gasteiger partial charge in [-0.05, 0) is 36.5 Å². The number of piperidine rings is 1. The monoisotopic (exact) mass is 440 g/mol. The maximum Gasteiger partial charge on any atom is 0.268 e. The molecule has 162 valence electrons. The molecule has 3 N–H and O–H groups in total. The number of likely N-dealkylation sites (tertiary alicyclic amines) is 1. The van der Waals surface area contributed by atoms with Gasteiger partial charge >= 0.3 is 0 Å². The Balaban J connectivity index is 1.55. The predicted octanol–water partition coefficient (Wildman–Crippen LogP) is 2.79. The van der Waals surface area contributed by atoms with E-state index in [0.29, 0.717) is 35.9 Å². The summed E-state index contributed by atoms with van der Waals surface area (Å²) in [5, 5.41) is 13.6. The van der Waals surface area contributed by atoms with Gasteiger partial charge in [0.15, 0.2) is 0 Å². The normalized spacial score (nSPS) is 17.5. The number of aromatic amines is 1. The molecule has 3 heterocycles. The number of aromatic nitrogens is 2. The molecule has 2 amide bonds. The number of hydrogen-bond donors (Lipinski definition) is 3. The second kappa shape index (κ2) is 9.49. The molecule has 1 aromatic carbocycles. The molecule has 0 spiro atoms. The highest BCUT2D eigenvalue weighted by Gasteiger charge is 2.30. The molecule has 0 saturated carbocycles. The number of hydrogen-bond acceptors (Lipinski definition) is 4. The van der Waals surface area contributed by atoms with Crippen molar-refractivity contribution in [3.8, 4) is 0 Å². The lowest BCUT2D eigenvalue weighted by molar-refractivity contribution is -0.135. The highest BCUT2D eigenvalue weighted by Crippen LogP contribution is 2.20. The van der Waals surface area contributed by atoms with Gasteiger partial charge in [-0.1, -0.05) is 41.9 Å². The summed E-state index contributed by atoms with van der Waals surface area (Å²) in [4.78, 5) is 35.2. The summed E-state index contributed by atoms with van der Waals surface area (Å²) in [6, 6.07) is 12.3. The minimum absolute atomic E-state index is 0.0607. The number of nitrogens with zero attached hydrogens (tertiary/aromatic N) is 2. The van der Waals surface area contributed by atoms with Crippen LogP contribution in [-0.4, -0.2) is 57.5 Å². The summed E-state index contributed by atoms with van der Waals surface area (Å²) in [6.45, 7) is 1.20. The van der Waals surface area contributed by atoms with Crippen LogP contribution in [0.5, 0.6) is 0 Å². The van der Waals surface area contributed by atoms with Crippen molar-refractivity contribution < 1.29 is 14.7 Å². The summed E-state index contributed by atoms with van der Waals surface area (Å²) in [7, 11) is 0. The maximum absolute atomic E-state index is 13.3. The number of benzene rings is 1. The average Bonchev–Trinajstić information content (AvgIpc) is 3.22. The molecular weight excluding hydrogens is 416 g/mol. The number of rotatable bonds is 6. The van der Waals surface area contributed by atoms with E-state index in [-0.39, 0.29) is 24.3 Å². The number of carbonyl (C=O) groups is 2. The third-order valence-corrected chi connectivity index (χ3v) is 5.90. The van der Waals surface area contributed by atoms with Crippen LogP contribution in [0, 0.1) is 5.92 Å². The molecule has 1 aliphatic heterocycles. The van der Waals surface area contributed by atoms with Gasteiger partial charge in [0.25, 0.3) is 5.91 Å². The first-order valence-electron chi connectivity index (χ1n) is 10.4. The number of carbonyl (C=O) groups excluding carboxylic acids is 2. The fourth-order valence-corrected chi connectivity index (χ4v) is 4.21. The van der Waals surface area contributed by atoms with Crippen LogP contribution in [0.15, 0.2) is 48.7 Å². The highest BCUT2D eigenvalue weighted by molar-refractivity contribution is 6.30. The fraction of sp³-hybridized carbons (Fsp3) is 0.348. The Labute approximate surface area is 185 Å². The lowest BCUT2D eigenvalue weighted by Crippen LogP contribution is -2.52. The van der Waals surface area contributed by atoms with Crippen molar-refractivity contribution in [2.75, 3.05) is 19.7 Å². The second-order valence-corrected chi connectivity index (χ2v) is 8.36. The van der Waals surface area contributed by atoms with Gasteiger partial charge in [-0.3, -0.25) is 9.59 Å². The standard InChI is InChI=1S/C23H25ClN4O3/c24-21-11-17-10-18(26-20(17)12-25-21)22(30)27-19(9-15-5-2-1-3-6-15)23(31)28-8-4-7-16(13-28)14-29/h1-3,5-6,10-12,16,19,26,29H,4,7-9,13-14H2,(H,27,30)/t16?,19-/m0/s1. The Bertz CT molecular complexity index is 1070. The third-order valence-electron chi connectivity index (χ3n) is 5.69. The molecule has 3 aromatic rings. The maximum atomic E-state index is 13.3. The van der Waals surface area contributed by atoms with Crippen LogP contribution in [0.4, 0.5) is 0 Å². The number of H-pyrrole nitrogens is 1. The number of pyridine rings is 1. The fourth-order valence-electron chi connectivity index (χ4n) is 4.05. The number of aliphatic hydroxyl groups is 1. The van der Waals surface area contributed by atoms with E-state index >= 15 is 0 Å². The van der Waals surface area contributed by atoms with Crippen LogP contribution in [0.3, 0.4) is 0 Å². The van der Waals surface area contributed by atoms with E-state index in [1.807, 2.05) is 30.3 Å². The molecule has 2 aromatic heterocycles. The topological polar surface area (TPSA) is 98.3 Å². The van der Waals surface area contributed by atoms with E-state index in [0.717, 1.165) is 23.8 Å². The molecule has 1 unspecified atom stereocenters. The van der Waals surface area contributed by atoms with E-state index in [1.54, 1.807) is 23.2 Å². The predicted molar refractivity (Wildman–Crippen MR) is 119 cm³/mol. The Morgan fingerprint density at radius 1 is 1.29 bits per heavy atom. The largest absolute Gasteiger partial charge is 0.396 e. The van der Waals surface area contributed by atoms with Crippen molar-refractivity contribution in [2.24, 2.45) is 5.92 Å². The van der Waals surface area contributed by atoms with Crippen molar-refractivity contribution >= 4 is 34.3 Å². The van der Waals surface area contributed by atoms with Crippen LogP contribution in [0.2, 0.25) is 5.15 Å². The molecule has 1 aliphatic rings. The minimum atomic E-state index is -0.708. The summed E-state index contributed by atoms with van der Waals surface area (Å²) < 4.78 is 0. The van der Waals surface area contributed by atoms with Crippen molar-refractivity contribution in [3.63, 3.8) is 0 Å². The lowest BCUT2D eigenvalue weighted by atomic mass is 9.97. The Morgan fingerprint density at radius 2 is 2.10 bits per heavy atom. The van der Waals surface area contributed by atoms with Crippen LogP contribution < -0.4 is 5.32 Å². The molecule has 1 saturated heterocycles. The summed E-state index contributed by atoms with van der Waals surface area (Å²) >= 11 is 5.94. The first kappa shape index (κ1) is 21.3. The summed E-state index contributed by atoms with van der Waals surface area (Å²) in [6.07, 6.45) is 3.71. The first-order chi connectivity index (χ1) is 15.0. The van der Waals surface area contributed by atoms with Gasteiger partial charge in [0, 0.05) is 31.5 Å². The van der Waals surface area contributed by atoms with Gasteiger partial charge in [-0.25, -0.2) is 4.98 Å². The minimum Gasteiger partial charge on any atom is -0.396 e. The molecule has 1 fully saturated rings. The van der Waals surface area contributed by atoms with Crippen LogP contribution >= 0.6 is 11.6 Å². The molecule has 4 rings (SSSR count). The first-order valence-corrected chi connectivity index (χ1v) is 10.8. The average molecular weight is 441 g/mol. The quantitative estimate of drug-likeness (QED) is 0.513. The molecule has 0 radical (unpaired) electrons. The van der Waals surface area contributed by atoms with Crippen LogP contribution in [-0.2, 0) is 11.2 Å². The third kappa shape index (κ3) is 5.06. The lowest BCUT2D eigenvalue weighted by Gasteiger charge is -2.34.